The van der Waals surface area contributed by atoms with Gasteiger partial charge in [-0.3, -0.25) is 4.90 Å². The number of hydrogen-bond donors (Lipinski definition) is 1. The maximum Gasteiger partial charge on any atom is 0.201 e. The van der Waals surface area contributed by atoms with Gasteiger partial charge >= 0.3 is 0 Å². The number of hydrogen-bond acceptors (Lipinski definition) is 3. The molecule has 0 radical (unpaired) electrons. The number of halogens is 2. The molecule has 4 nitrogen and oxygen atoms in total. The molecule has 0 bridgehead atoms. The van der Waals surface area contributed by atoms with Crippen molar-refractivity contribution >= 4 is 32.9 Å². The molecule has 108 valence electrons. The minimum Gasteiger partial charge on any atom is -0.369 e. The lowest BCUT2D eigenvalue weighted by Crippen LogP contribution is -2.34. The lowest BCUT2D eigenvalue weighted by atomic mass is 10.2. The van der Waals surface area contributed by atoms with Crippen molar-refractivity contribution in [3.05, 3.63) is 22.4 Å². The van der Waals surface area contributed by atoms with Crippen LogP contribution in [0.1, 0.15) is 19.8 Å². The standard InChI is InChI=1S/C14H18BrFN4/c1-8(19(2)9-3-4-9)7-20-13-5-10(15)11(16)6-12(13)18-14(20)17/h5-6,8-9H,3-4,7H2,1-2H3,(H2,17,18). The Kier molecular flexibility index (Phi) is 3.46. The van der Waals surface area contributed by atoms with Gasteiger partial charge in [0, 0.05) is 24.7 Å². The van der Waals surface area contributed by atoms with Gasteiger partial charge in [-0.05, 0) is 48.8 Å². The van der Waals surface area contributed by atoms with Crippen molar-refractivity contribution in [2.75, 3.05) is 12.8 Å². The van der Waals surface area contributed by atoms with E-state index >= 15 is 0 Å². The second kappa shape index (κ2) is 5.00. The molecule has 2 N–H and O–H groups in total. The Hall–Kier alpha value is -1.14. The predicted molar refractivity (Wildman–Crippen MR) is 82.1 cm³/mol. The van der Waals surface area contributed by atoms with Gasteiger partial charge < -0.3 is 10.3 Å². The number of likely N-dealkylation sites (N-methyl/N-ethyl adjacent to an activating group) is 1. The molecule has 1 aromatic carbocycles. The number of nitrogens with two attached hydrogens (primary N) is 1. The fourth-order valence-corrected chi connectivity index (χ4v) is 2.90. The fraction of sp³-hybridized carbons (Fsp3) is 0.500. The molecule has 1 fully saturated rings. The summed E-state index contributed by atoms with van der Waals surface area (Å²) in [5, 5.41) is 0. The number of fused-ring (bicyclic) bond motifs is 1. The lowest BCUT2D eigenvalue weighted by molar-refractivity contribution is 0.228. The summed E-state index contributed by atoms with van der Waals surface area (Å²) < 4.78 is 15.9. The smallest absolute Gasteiger partial charge is 0.201 e. The average molecular weight is 341 g/mol. The molecule has 1 unspecified atom stereocenters. The molecule has 1 heterocycles. The highest BCUT2D eigenvalue weighted by Gasteiger charge is 2.29. The van der Waals surface area contributed by atoms with Crippen LogP contribution in [0.2, 0.25) is 0 Å². The molecule has 6 heteroatoms. The lowest BCUT2D eigenvalue weighted by Gasteiger charge is -2.25. The van der Waals surface area contributed by atoms with Gasteiger partial charge in [-0.25, -0.2) is 9.37 Å². The molecule has 1 aliphatic rings. The molecule has 0 spiro atoms. The van der Waals surface area contributed by atoms with Crippen LogP contribution in [0.15, 0.2) is 16.6 Å². The second-order valence-corrected chi connectivity index (χ2v) is 6.44. The van der Waals surface area contributed by atoms with E-state index < -0.39 is 0 Å². The Balaban J connectivity index is 1.93. The number of nitrogen functional groups attached to an aromatic ring is 1. The zero-order valence-corrected chi connectivity index (χ0v) is 13.2. The zero-order chi connectivity index (χ0) is 14.4. The van der Waals surface area contributed by atoms with Crippen LogP contribution in [-0.4, -0.2) is 33.6 Å². The van der Waals surface area contributed by atoms with E-state index in [1.807, 2.05) is 4.57 Å². The minimum absolute atomic E-state index is 0.315. The Morgan fingerprint density at radius 1 is 1.55 bits per heavy atom. The van der Waals surface area contributed by atoms with Gasteiger partial charge in [-0.2, -0.15) is 0 Å². The van der Waals surface area contributed by atoms with Gasteiger partial charge in [0.25, 0.3) is 0 Å². The van der Waals surface area contributed by atoms with E-state index in [-0.39, 0.29) is 5.82 Å². The molecule has 0 saturated heterocycles. The van der Waals surface area contributed by atoms with Crippen LogP contribution >= 0.6 is 15.9 Å². The highest BCUT2D eigenvalue weighted by molar-refractivity contribution is 9.10. The van der Waals surface area contributed by atoms with E-state index in [1.54, 1.807) is 6.07 Å². The summed E-state index contributed by atoms with van der Waals surface area (Å²) in [5.41, 5.74) is 7.46. The Morgan fingerprint density at radius 2 is 2.25 bits per heavy atom. The molecule has 1 aromatic heterocycles. The van der Waals surface area contributed by atoms with Gasteiger partial charge in [-0.15, -0.1) is 0 Å². The molecular weight excluding hydrogens is 323 g/mol. The van der Waals surface area contributed by atoms with Crippen LogP contribution in [0.3, 0.4) is 0 Å². The summed E-state index contributed by atoms with van der Waals surface area (Å²) in [6, 6.07) is 4.23. The van der Waals surface area contributed by atoms with Gasteiger partial charge in [0.05, 0.1) is 15.5 Å². The van der Waals surface area contributed by atoms with Crippen LogP contribution in [0.4, 0.5) is 10.3 Å². The van der Waals surface area contributed by atoms with Crippen LogP contribution in [0.5, 0.6) is 0 Å². The number of benzene rings is 1. The summed E-state index contributed by atoms with van der Waals surface area (Å²) in [7, 11) is 2.15. The van der Waals surface area contributed by atoms with E-state index in [0.717, 1.165) is 12.1 Å². The molecule has 1 aliphatic carbocycles. The number of rotatable bonds is 4. The molecule has 1 saturated carbocycles. The van der Waals surface area contributed by atoms with Crippen LogP contribution in [0, 0.1) is 5.82 Å². The quantitative estimate of drug-likeness (QED) is 0.930. The number of aromatic nitrogens is 2. The number of imidazole rings is 1. The Bertz CT molecular complexity index is 650. The van der Waals surface area contributed by atoms with E-state index in [1.165, 1.54) is 18.9 Å². The Labute approximate surface area is 125 Å². The average Bonchev–Trinajstić information content (AvgIpc) is 3.19. The van der Waals surface area contributed by atoms with Crippen LogP contribution < -0.4 is 5.73 Å². The first-order chi connectivity index (χ1) is 9.47. The fourth-order valence-electron chi connectivity index (χ4n) is 2.57. The SMILES string of the molecule is CC(Cn1c(N)nc2cc(F)c(Br)cc21)N(C)C1CC1. The van der Waals surface area contributed by atoms with Gasteiger partial charge in [0.1, 0.15) is 5.82 Å². The van der Waals surface area contributed by atoms with Crippen molar-refractivity contribution in [3.8, 4) is 0 Å². The first-order valence-corrected chi connectivity index (χ1v) is 7.59. The van der Waals surface area contributed by atoms with Crippen LogP contribution in [0.25, 0.3) is 11.0 Å². The van der Waals surface area contributed by atoms with E-state index in [0.29, 0.717) is 28.0 Å². The van der Waals surface area contributed by atoms with Crippen molar-refractivity contribution in [1.29, 1.82) is 0 Å². The minimum atomic E-state index is -0.315. The van der Waals surface area contributed by atoms with Crippen molar-refractivity contribution in [3.63, 3.8) is 0 Å². The van der Waals surface area contributed by atoms with Crippen molar-refractivity contribution < 1.29 is 4.39 Å². The van der Waals surface area contributed by atoms with Crippen molar-refractivity contribution in [2.45, 2.75) is 38.4 Å². The zero-order valence-electron chi connectivity index (χ0n) is 11.6. The normalized spacial score (nSPS) is 17.1. The highest BCUT2D eigenvalue weighted by Crippen LogP contribution is 2.29. The highest BCUT2D eigenvalue weighted by atomic mass is 79.9. The Morgan fingerprint density at radius 3 is 2.90 bits per heavy atom. The van der Waals surface area contributed by atoms with Crippen LogP contribution in [-0.2, 0) is 6.54 Å². The maximum absolute atomic E-state index is 13.5. The third-order valence-corrected chi connectivity index (χ3v) is 4.69. The molecular formula is C14H18BrFN4. The predicted octanol–water partition coefficient (Wildman–Crippen LogP) is 3.00. The molecule has 0 amide bonds. The first kappa shape index (κ1) is 13.8. The number of nitrogens with zero attached hydrogens (tertiary/aromatic N) is 3. The van der Waals surface area contributed by atoms with Crippen molar-refractivity contribution in [2.24, 2.45) is 0 Å². The summed E-state index contributed by atoms with van der Waals surface area (Å²) >= 11 is 3.22. The van der Waals surface area contributed by atoms with Crippen molar-refractivity contribution in [1.82, 2.24) is 14.5 Å². The molecule has 20 heavy (non-hydrogen) atoms. The topological polar surface area (TPSA) is 47.1 Å². The maximum atomic E-state index is 13.5. The van der Waals surface area contributed by atoms with E-state index in [4.69, 9.17) is 5.73 Å². The molecule has 0 aliphatic heterocycles. The summed E-state index contributed by atoms with van der Waals surface area (Å²) in [6.07, 6.45) is 2.55. The van der Waals surface area contributed by atoms with Gasteiger partial charge in [0.15, 0.2) is 0 Å². The molecule has 2 aromatic rings. The monoisotopic (exact) mass is 340 g/mol. The van der Waals surface area contributed by atoms with E-state index in [9.17, 15) is 4.39 Å². The van der Waals surface area contributed by atoms with Gasteiger partial charge in [0.2, 0.25) is 5.95 Å². The molecule has 1 atom stereocenters. The van der Waals surface area contributed by atoms with Gasteiger partial charge in [-0.1, -0.05) is 0 Å². The summed E-state index contributed by atoms with van der Waals surface area (Å²) in [5.74, 6) is 0.124. The first-order valence-electron chi connectivity index (χ1n) is 6.80. The van der Waals surface area contributed by atoms with E-state index in [2.05, 4.69) is 39.8 Å². The second-order valence-electron chi connectivity index (χ2n) is 5.58. The largest absolute Gasteiger partial charge is 0.369 e. The third kappa shape index (κ3) is 2.42. The summed E-state index contributed by atoms with van der Waals surface area (Å²) in [6.45, 7) is 2.94. The molecule has 3 rings (SSSR count). The number of anilines is 1. The third-order valence-electron chi connectivity index (χ3n) is 4.08. The summed E-state index contributed by atoms with van der Waals surface area (Å²) in [4.78, 5) is 6.63.